The Morgan fingerprint density at radius 1 is 1.41 bits per heavy atom. The van der Waals surface area contributed by atoms with Gasteiger partial charge < -0.3 is 10.1 Å². The number of nitrogens with zero attached hydrogens (tertiary/aromatic N) is 3. The normalized spacial score (nSPS) is 19.0. The molecule has 2 heterocycles. The number of rotatable bonds is 4. The number of aliphatic imine (C=N–C) groups is 1. The monoisotopic (exact) mass is 425 g/mol. The summed E-state index contributed by atoms with van der Waals surface area (Å²) in [7, 11) is 0. The maximum Gasteiger partial charge on any atom is 0.274 e. The van der Waals surface area contributed by atoms with Crippen molar-refractivity contribution < 1.29 is 22.7 Å². The van der Waals surface area contributed by atoms with E-state index in [4.69, 9.17) is 21.9 Å². The summed E-state index contributed by atoms with van der Waals surface area (Å²) in [6, 6.07) is 4.78. The third kappa shape index (κ3) is 4.13. The molecule has 1 aromatic carbocycles. The summed E-state index contributed by atoms with van der Waals surface area (Å²) in [6.07, 6.45) is -1.84. The highest BCUT2D eigenvalue weighted by Crippen LogP contribution is 2.38. The number of halogens is 4. The molecule has 7 nitrogen and oxygen atoms in total. The van der Waals surface area contributed by atoms with Crippen molar-refractivity contribution in [3.05, 3.63) is 58.1 Å². The number of aromatic nitrogens is 1. The molecule has 1 atom stereocenters. The van der Waals surface area contributed by atoms with E-state index in [2.05, 4.69) is 20.4 Å². The minimum Gasteiger partial charge on any atom is -0.370 e. The molecular weight excluding hydrogens is 411 g/mol. The zero-order valence-corrected chi connectivity index (χ0v) is 15.8. The van der Waals surface area contributed by atoms with Gasteiger partial charge in [-0.25, -0.2) is 28.7 Å². The number of pyridine rings is 1. The van der Waals surface area contributed by atoms with Crippen LogP contribution >= 0.6 is 11.6 Å². The molecule has 11 heteroatoms. The van der Waals surface area contributed by atoms with Crippen LogP contribution < -0.4 is 5.32 Å². The first kappa shape index (κ1) is 20.9. The molecule has 0 unspecified atom stereocenters. The SMILES string of the molecule is Cc1cc(Cl)cnc1C(=O)Nc1ccc(F)c([C@]2(C(F)F)COCC(N=N)=N2)c1. The second-order valence-corrected chi connectivity index (χ2v) is 6.76. The van der Waals surface area contributed by atoms with Crippen molar-refractivity contribution in [2.24, 2.45) is 10.1 Å². The van der Waals surface area contributed by atoms with E-state index >= 15 is 0 Å². The average Bonchev–Trinajstić information content (AvgIpc) is 2.69. The number of carbonyl (C=O) groups excluding carboxylic acids is 1. The van der Waals surface area contributed by atoms with Gasteiger partial charge in [0.15, 0.2) is 11.4 Å². The molecule has 0 radical (unpaired) electrons. The Morgan fingerprint density at radius 2 is 2.17 bits per heavy atom. The second-order valence-electron chi connectivity index (χ2n) is 6.33. The summed E-state index contributed by atoms with van der Waals surface area (Å²) in [5, 5.41) is 5.89. The summed E-state index contributed by atoms with van der Waals surface area (Å²) in [6.45, 7) is 0.809. The Kier molecular flexibility index (Phi) is 5.94. The van der Waals surface area contributed by atoms with Gasteiger partial charge in [0, 0.05) is 17.4 Å². The van der Waals surface area contributed by atoms with E-state index in [0.29, 0.717) is 10.6 Å². The van der Waals surface area contributed by atoms with Crippen molar-refractivity contribution in [3.8, 4) is 0 Å². The molecule has 2 N–H and O–H groups in total. The Morgan fingerprint density at radius 3 is 2.83 bits per heavy atom. The number of nitrogens with one attached hydrogen (secondary N) is 2. The molecule has 0 fully saturated rings. The van der Waals surface area contributed by atoms with E-state index < -0.39 is 35.9 Å². The minimum absolute atomic E-state index is 0.0627. The number of anilines is 1. The molecule has 2 aromatic rings. The third-order valence-electron chi connectivity index (χ3n) is 4.32. The molecule has 1 aliphatic rings. The van der Waals surface area contributed by atoms with Gasteiger partial charge in [-0.15, -0.1) is 5.11 Å². The molecule has 0 aliphatic carbocycles. The Hall–Kier alpha value is -2.85. The fourth-order valence-electron chi connectivity index (χ4n) is 2.92. The van der Waals surface area contributed by atoms with Crippen LogP contribution in [0.15, 0.2) is 40.6 Å². The van der Waals surface area contributed by atoms with Gasteiger partial charge in [-0.3, -0.25) is 4.79 Å². The number of benzene rings is 1. The van der Waals surface area contributed by atoms with Crippen LogP contribution in [0, 0.1) is 18.3 Å². The number of alkyl halides is 2. The Balaban J connectivity index is 1.99. The number of hydrogen-bond acceptors (Lipinski definition) is 6. The van der Waals surface area contributed by atoms with Crippen molar-refractivity contribution >= 4 is 29.0 Å². The van der Waals surface area contributed by atoms with Crippen molar-refractivity contribution in [2.75, 3.05) is 18.5 Å². The van der Waals surface area contributed by atoms with E-state index in [1.807, 2.05) is 0 Å². The Labute approximate surface area is 168 Å². The topological polar surface area (TPSA) is 99.8 Å². The molecule has 3 rings (SSSR count). The highest BCUT2D eigenvalue weighted by atomic mass is 35.5. The number of ether oxygens (including phenoxy) is 1. The van der Waals surface area contributed by atoms with Gasteiger partial charge in [-0.05, 0) is 36.8 Å². The summed E-state index contributed by atoms with van der Waals surface area (Å²) in [5.74, 6) is -1.86. The molecule has 0 saturated carbocycles. The van der Waals surface area contributed by atoms with Crippen molar-refractivity contribution in [3.63, 3.8) is 0 Å². The van der Waals surface area contributed by atoms with E-state index in [9.17, 15) is 18.0 Å². The fraction of sp³-hybridized carbons (Fsp3) is 0.278. The molecular formula is C18H15ClF3N5O2. The minimum atomic E-state index is -3.14. The number of hydrogen-bond donors (Lipinski definition) is 2. The molecule has 0 bridgehead atoms. The average molecular weight is 426 g/mol. The largest absolute Gasteiger partial charge is 0.370 e. The van der Waals surface area contributed by atoms with E-state index in [1.165, 1.54) is 12.3 Å². The molecule has 0 saturated heterocycles. The summed E-state index contributed by atoms with van der Waals surface area (Å²) in [5.41, 5.74) is 4.79. The molecule has 152 valence electrons. The van der Waals surface area contributed by atoms with Gasteiger partial charge in [-0.2, -0.15) is 0 Å². The van der Waals surface area contributed by atoms with Crippen molar-refractivity contribution in [1.82, 2.24) is 4.98 Å². The summed E-state index contributed by atoms with van der Waals surface area (Å²) >= 11 is 5.82. The molecule has 1 amide bonds. The highest BCUT2D eigenvalue weighted by Gasteiger charge is 2.46. The van der Waals surface area contributed by atoms with Crippen molar-refractivity contribution in [1.29, 1.82) is 5.53 Å². The van der Waals surface area contributed by atoms with Crippen LogP contribution in [0.1, 0.15) is 21.6 Å². The van der Waals surface area contributed by atoms with E-state index in [0.717, 1.165) is 12.1 Å². The molecule has 29 heavy (non-hydrogen) atoms. The zero-order valence-electron chi connectivity index (χ0n) is 15.0. The smallest absolute Gasteiger partial charge is 0.274 e. The van der Waals surface area contributed by atoms with Crippen molar-refractivity contribution in [2.45, 2.75) is 18.9 Å². The lowest BCUT2D eigenvalue weighted by molar-refractivity contribution is -0.0146. The fourth-order valence-corrected chi connectivity index (χ4v) is 3.13. The van der Waals surface area contributed by atoms with Crippen LogP contribution in [0.5, 0.6) is 0 Å². The third-order valence-corrected chi connectivity index (χ3v) is 4.53. The van der Waals surface area contributed by atoms with Gasteiger partial charge in [-0.1, -0.05) is 11.6 Å². The quantitative estimate of drug-likeness (QED) is 0.712. The lowest BCUT2D eigenvalue weighted by atomic mass is 9.90. The lowest BCUT2D eigenvalue weighted by Gasteiger charge is -2.33. The van der Waals surface area contributed by atoms with Gasteiger partial charge in [0.1, 0.15) is 18.1 Å². The first-order valence-electron chi connectivity index (χ1n) is 8.32. The predicted octanol–water partition coefficient (Wildman–Crippen LogP) is 4.35. The van der Waals surface area contributed by atoms with Gasteiger partial charge in [0.25, 0.3) is 12.3 Å². The van der Waals surface area contributed by atoms with Crippen LogP contribution in [0.2, 0.25) is 5.02 Å². The molecule has 1 aromatic heterocycles. The van der Waals surface area contributed by atoms with Crippen LogP contribution in [0.3, 0.4) is 0 Å². The highest BCUT2D eigenvalue weighted by molar-refractivity contribution is 6.30. The first-order chi connectivity index (χ1) is 13.8. The second kappa shape index (κ2) is 8.26. The number of aryl methyl sites for hydroxylation is 1. The Bertz CT molecular complexity index is 1000. The standard InChI is InChI=1S/C18H15ClF3N5O2/c1-9-4-10(19)6-24-15(9)16(28)25-11-2-3-13(20)12(5-11)18(17(21)22)8-29-7-14(26-18)27-23/h2-6,17,23H,7-8H2,1H3,(H,25,28)/t18-/m0/s1. The predicted molar refractivity (Wildman–Crippen MR) is 99.4 cm³/mol. The van der Waals surface area contributed by atoms with Crippen LogP contribution in [0.4, 0.5) is 18.9 Å². The zero-order chi connectivity index (χ0) is 21.2. The molecule has 0 spiro atoms. The van der Waals surface area contributed by atoms with Gasteiger partial charge in [0.2, 0.25) is 0 Å². The van der Waals surface area contributed by atoms with Crippen LogP contribution in [-0.4, -0.2) is 36.4 Å². The van der Waals surface area contributed by atoms with Gasteiger partial charge in [0.05, 0.1) is 11.6 Å². The van der Waals surface area contributed by atoms with E-state index in [1.54, 1.807) is 13.0 Å². The summed E-state index contributed by atoms with van der Waals surface area (Å²) in [4.78, 5) is 20.2. The number of amides is 1. The molecule has 1 aliphatic heterocycles. The van der Waals surface area contributed by atoms with Crippen LogP contribution in [0.25, 0.3) is 0 Å². The number of amidine groups is 1. The maximum absolute atomic E-state index is 14.5. The van der Waals surface area contributed by atoms with E-state index in [-0.39, 0.29) is 23.8 Å². The number of carbonyl (C=O) groups is 1. The summed E-state index contributed by atoms with van der Waals surface area (Å²) < 4.78 is 47.4. The first-order valence-corrected chi connectivity index (χ1v) is 8.70. The lowest BCUT2D eigenvalue weighted by Crippen LogP contribution is -2.43. The van der Waals surface area contributed by atoms with Gasteiger partial charge >= 0.3 is 0 Å². The maximum atomic E-state index is 14.5. The van der Waals surface area contributed by atoms with Crippen LogP contribution in [-0.2, 0) is 10.3 Å².